The zero-order chi connectivity index (χ0) is 21.0. The van der Waals surface area contributed by atoms with Crippen molar-refractivity contribution in [3.63, 3.8) is 0 Å². The van der Waals surface area contributed by atoms with Gasteiger partial charge in [-0.2, -0.15) is 5.10 Å². The van der Waals surface area contributed by atoms with Gasteiger partial charge in [0.1, 0.15) is 5.67 Å². The Labute approximate surface area is 181 Å². The number of hydrogen-bond acceptors (Lipinski definition) is 3. The Hall–Kier alpha value is -2.73. The highest BCUT2D eigenvalue weighted by atomic mass is 19.1. The minimum absolute atomic E-state index is 0.0205. The molecule has 2 fully saturated rings. The molecule has 3 heterocycles. The summed E-state index contributed by atoms with van der Waals surface area (Å²) in [5, 5.41) is 9.77. The van der Waals surface area contributed by atoms with E-state index in [0.717, 1.165) is 73.6 Å². The summed E-state index contributed by atoms with van der Waals surface area (Å²) < 4.78 is 16.5. The van der Waals surface area contributed by atoms with Crippen molar-refractivity contribution in [3.05, 3.63) is 59.4 Å². The molecule has 6 heteroatoms. The van der Waals surface area contributed by atoms with Crippen molar-refractivity contribution >= 4 is 22.4 Å². The maximum atomic E-state index is 14.4. The van der Waals surface area contributed by atoms with Crippen LogP contribution in [0.4, 0.5) is 10.1 Å². The fourth-order valence-corrected chi connectivity index (χ4v) is 5.45. The fourth-order valence-electron chi connectivity index (χ4n) is 5.45. The van der Waals surface area contributed by atoms with Crippen LogP contribution >= 0.6 is 0 Å². The fraction of sp³-hybridized carbons (Fsp3) is 0.440. The van der Waals surface area contributed by atoms with Gasteiger partial charge in [-0.1, -0.05) is 18.2 Å². The summed E-state index contributed by atoms with van der Waals surface area (Å²) in [5.74, 6) is -0.0205. The largest absolute Gasteiger partial charge is 0.321 e. The Kier molecular flexibility index (Phi) is 4.39. The van der Waals surface area contributed by atoms with Gasteiger partial charge in [-0.25, -0.2) is 4.39 Å². The number of piperidine rings is 1. The number of benzene rings is 2. The number of anilines is 1. The Morgan fingerprint density at radius 1 is 1.16 bits per heavy atom. The summed E-state index contributed by atoms with van der Waals surface area (Å²) >= 11 is 0. The lowest BCUT2D eigenvalue weighted by atomic mass is 9.81. The third-order valence-electron chi connectivity index (χ3n) is 7.36. The maximum Gasteiger partial charge on any atom is 0.256 e. The normalized spacial score (nSPS) is 20.7. The summed E-state index contributed by atoms with van der Waals surface area (Å²) in [6.07, 6.45) is 9.46. The lowest BCUT2D eigenvalue weighted by molar-refractivity contribution is 0.0102. The van der Waals surface area contributed by atoms with Crippen LogP contribution in [-0.4, -0.2) is 45.9 Å². The van der Waals surface area contributed by atoms with Gasteiger partial charge in [0.15, 0.2) is 0 Å². The van der Waals surface area contributed by atoms with Gasteiger partial charge in [0.2, 0.25) is 0 Å². The van der Waals surface area contributed by atoms with E-state index in [1.54, 1.807) is 0 Å². The summed E-state index contributed by atoms with van der Waals surface area (Å²) in [6, 6.07) is 10.4. The van der Waals surface area contributed by atoms with Gasteiger partial charge in [-0.05, 0) is 60.7 Å². The minimum Gasteiger partial charge on any atom is -0.321 e. The van der Waals surface area contributed by atoms with Crippen LogP contribution in [0.25, 0.3) is 10.8 Å². The molecule has 160 valence electrons. The van der Waals surface area contributed by atoms with Gasteiger partial charge in [0.05, 0.1) is 12.2 Å². The molecule has 3 aliphatic rings. The van der Waals surface area contributed by atoms with Gasteiger partial charge in [-0.3, -0.25) is 9.48 Å². The van der Waals surface area contributed by atoms with Crippen LogP contribution in [-0.2, 0) is 6.42 Å². The molecule has 3 aromatic rings. The summed E-state index contributed by atoms with van der Waals surface area (Å²) in [5.41, 5.74) is 3.12. The minimum atomic E-state index is -0.925. The van der Waals surface area contributed by atoms with Crippen LogP contribution < -0.4 is 5.32 Å². The zero-order valence-electron chi connectivity index (χ0n) is 17.6. The lowest BCUT2D eigenvalue weighted by Gasteiger charge is -2.41. The molecule has 5 nitrogen and oxygen atoms in total. The number of amides is 1. The number of likely N-dealkylation sites (tertiary alicyclic amines) is 1. The standard InChI is InChI=1S/C25H27FN4O/c26-25(9-2-10-25)16-29-11-7-19(8-12-29)30-15-17(14-27-30)13-18-5-6-22-23-20(18)3-1-4-21(23)24(31)28-22/h1,3-6,14-15,19H,2,7-13,16H2,(H,28,31). The molecule has 0 spiro atoms. The number of carbonyl (C=O) groups is 1. The predicted molar refractivity (Wildman–Crippen MR) is 119 cm³/mol. The van der Waals surface area contributed by atoms with Gasteiger partial charge >= 0.3 is 0 Å². The highest BCUT2D eigenvalue weighted by Gasteiger charge is 2.39. The molecule has 1 saturated heterocycles. The molecule has 1 saturated carbocycles. The number of alkyl halides is 1. The first kappa shape index (κ1) is 19.0. The first-order valence-corrected chi connectivity index (χ1v) is 11.4. The van der Waals surface area contributed by atoms with Crippen LogP contribution in [0.2, 0.25) is 0 Å². The Morgan fingerprint density at radius 2 is 2.00 bits per heavy atom. The van der Waals surface area contributed by atoms with Crippen LogP contribution in [0, 0.1) is 0 Å². The molecule has 0 radical (unpaired) electrons. The van der Waals surface area contributed by atoms with E-state index in [-0.39, 0.29) is 5.91 Å². The molecular weight excluding hydrogens is 391 g/mol. The molecule has 1 amide bonds. The Balaban J connectivity index is 1.16. The number of halogens is 1. The van der Waals surface area contributed by atoms with Crippen molar-refractivity contribution in [1.82, 2.24) is 14.7 Å². The maximum absolute atomic E-state index is 14.4. The number of aromatic nitrogens is 2. The van der Waals surface area contributed by atoms with Gasteiger partial charge in [-0.15, -0.1) is 0 Å². The Bertz CT molecular complexity index is 1160. The zero-order valence-corrected chi connectivity index (χ0v) is 17.6. The van der Waals surface area contributed by atoms with Gasteiger partial charge in [0, 0.05) is 48.9 Å². The van der Waals surface area contributed by atoms with Gasteiger partial charge in [0.25, 0.3) is 5.91 Å². The quantitative estimate of drug-likeness (QED) is 0.652. The molecular formula is C25H27FN4O. The molecule has 31 heavy (non-hydrogen) atoms. The number of nitrogens with one attached hydrogen (secondary N) is 1. The number of rotatable bonds is 5. The van der Waals surface area contributed by atoms with Crippen molar-refractivity contribution in [2.24, 2.45) is 0 Å². The van der Waals surface area contributed by atoms with E-state index in [9.17, 15) is 9.18 Å². The van der Waals surface area contributed by atoms with E-state index < -0.39 is 5.67 Å². The first-order valence-electron chi connectivity index (χ1n) is 11.4. The van der Waals surface area contributed by atoms with Crippen molar-refractivity contribution in [3.8, 4) is 0 Å². The average molecular weight is 419 g/mol. The second-order valence-corrected chi connectivity index (χ2v) is 9.47. The summed E-state index contributed by atoms with van der Waals surface area (Å²) in [4.78, 5) is 14.5. The number of carbonyl (C=O) groups excluding carboxylic acids is 1. The highest BCUT2D eigenvalue weighted by Crippen LogP contribution is 2.38. The lowest BCUT2D eigenvalue weighted by Crippen LogP contribution is -2.47. The number of hydrogen-bond donors (Lipinski definition) is 1. The molecule has 2 aliphatic heterocycles. The van der Waals surface area contributed by atoms with E-state index in [4.69, 9.17) is 0 Å². The van der Waals surface area contributed by atoms with Crippen LogP contribution in [0.5, 0.6) is 0 Å². The van der Waals surface area contributed by atoms with E-state index in [0.29, 0.717) is 12.6 Å². The third kappa shape index (κ3) is 3.33. The van der Waals surface area contributed by atoms with Crippen molar-refractivity contribution in [2.75, 3.05) is 25.0 Å². The molecule has 6 rings (SSSR count). The number of nitrogens with zero attached hydrogens (tertiary/aromatic N) is 3. The highest BCUT2D eigenvalue weighted by molar-refractivity contribution is 6.24. The third-order valence-corrected chi connectivity index (χ3v) is 7.36. The predicted octanol–water partition coefficient (Wildman–Crippen LogP) is 4.72. The van der Waals surface area contributed by atoms with Crippen LogP contribution in [0.3, 0.4) is 0 Å². The molecule has 0 atom stereocenters. The van der Waals surface area contributed by atoms with E-state index in [1.165, 1.54) is 11.1 Å². The second kappa shape index (κ2) is 7.16. The molecule has 1 N–H and O–H groups in total. The van der Waals surface area contributed by atoms with E-state index in [1.807, 2.05) is 24.4 Å². The van der Waals surface area contributed by atoms with Crippen molar-refractivity contribution in [2.45, 2.75) is 50.2 Å². The van der Waals surface area contributed by atoms with Crippen LogP contribution in [0.15, 0.2) is 42.7 Å². The Morgan fingerprint density at radius 3 is 2.77 bits per heavy atom. The SMILES string of the molecule is O=C1Nc2ccc(Cc3cnn(C4CCN(CC5(F)CCC5)CC4)c3)c3cccc1c23. The topological polar surface area (TPSA) is 50.2 Å². The van der Waals surface area contributed by atoms with E-state index in [2.05, 4.69) is 38.3 Å². The molecule has 2 aromatic carbocycles. The summed E-state index contributed by atoms with van der Waals surface area (Å²) in [7, 11) is 0. The second-order valence-electron chi connectivity index (χ2n) is 9.47. The van der Waals surface area contributed by atoms with Crippen LogP contribution in [0.1, 0.15) is 59.6 Å². The molecule has 1 aliphatic carbocycles. The smallest absolute Gasteiger partial charge is 0.256 e. The van der Waals surface area contributed by atoms with E-state index >= 15 is 0 Å². The van der Waals surface area contributed by atoms with Crippen molar-refractivity contribution < 1.29 is 9.18 Å². The van der Waals surface area contributed by atoms with Gasteiger partial charge < -0.3 is 10.2 Å². The molecule has 0 unspecified atom stereocenters. The average Bonchev–Trinajstić information content (AvgIpc) is 3.35. The molecule has 0 bridgehead atoms. The monoisotopic (exact) mass is 418 g/mol. The van der Waals surface area contributed by atoms with Crippen molar-refractivity contribution in [1.29, 1.82) is 0 Å². The summed E-state index contributed by atoms with van der Waals surface area (Å²) in [6.45, 7) is 2.50. The molecule has 1 aromatic heterocycles. The first-order chi connectivity index (χ1) is 15.1.